The second kappa shape index (κ2) is 4.80. The molecule has 1 atom stereocenters. The van der Waals surface area contributed by atoms with Gasteiger partial charge in [0.1, 0.15) is 5.75 Å². The highest BCUT2D eigenvalue weighted by Gasteiger charge is 2.33. The molecule has 1 aliphatic rings. The van der Waals surface area contributed by atoms with Gasteiger partial charge in [-0.05, 0) is 31.0 Å². The fraction of sp³-hybridized carbons (Fsp3) is 0.538. The van der Waals surface area contributed by atoms with E-state index in [-0.39, 0.29) is 5.75 Å². The van der Waals surface area contributed by atoms with Crippen LogP contribution in [0.4, 0.5) is 13.2 Å². The minimum Gasteiger partial charge on any atom is -0.463 e. The van der Waals surface area contributed by atoms with Gasteiger partial charge >= 0.3 is 6.18 Å². The summed E-state index contributed by atoms with van der Waals surface area (Å²) < 4.78 is 48.7. The van der Waals surface area contributed by atoms with Gasteiger partial charge in [0.25, 0.3) is 0 Å². The van der Waals surface area contributed by atoms with E-state index in [2.05, 4.69) is 0 Å². The summed E-state index contributed by atoms with van der Waals surface area (Å²) in [4.78, 5) is 0. The van der Waals surface area contributed by atoms with Crippen LogP contribution in [0.1, 0.15) is 31.7 Å². The standard InChI is InChI=1S/C13H15F3O2/c1-12(7-2-3-8-17-12)18-11-6-4-5-10(9-11)13(14,15)16/h4-6,9H,2-3,7-8H2,1H3/t12-/m1/s1. The lowest BCUT2D eigenvalue weighted by Crippen LogP contribution is -2.38. The fourth-order valence-corrected chi connectivity index (χ4v) is 1.97. The smallest absolute Gasteiger partial charge is 0.416 e. The van der Waals surface area contributed by atoms with Crippen LogP contribution in [0.3, 0.4) is 0 Å². The third-order valence-electron chi connectivity index (χ3n) is 2.93. The van der Waals surface area contributed by atoms with Gasteiger partial charge in [0.15, 0.2) is 0 Å². The van der Waals surface area contributed by atoms with Crippen molar-refractivity contribution in [2.75, 3.05) is 6.61 Å². The maximum absolute atomic E-state index is 12.6. The Bertz CT molecular complexity index is 409. The zero-order chi connectivity index (χ0) is 13.2. The van der Waals surface area contributed by atoms with Crippen LogP contribution in [0.2, 0.25) is 0 Å². The number of hydrogen-bond acceptors (Lipinski definition) is 2. The van der Waals surface area contributed by atoms with E-state index >= 15 is 0 Å². The summed E-state index contributed by atoms with van der Waals surface area (Å²) in [6.45, 7) is 2.34. The normalized spacial score (nSPS) is 24.9. The summed E-state index contributed by atoms with van der Waals surface area (Å²) >= 11 is 0. The first-order valence-electron chi connectivity index (χ1n) is 5.89. The molecule has 2 nitrogen and oxygen atoms in total. The lowest BCUT2D eigenvalue weighted by Gasteiger charge is -2.34. The van der Waals surface area contributed by atoms with Crippen LogP contribution in [-0.2, 0) is 10.9 Å². The minimum absolute atomic E-state index is 0.189. The fourth-order valence-electron chi connectivity index (χ4n) is 1.97. The summed E-state index contributed by atoms with van der Waals surface area (Å²) in [6.07, 6.45) is -1.76. The van der Waals surface area contributed by atoms with Crippen molar-refractivity contribution in [2.45, 2.75) is 38.1 Å². The molecule has 1 aromatic carbocycles. The molecule has 1 fully saturated rings. The van der Waals surface area contributed by atoms with Crippen LogP contribution in [0.15, 0.2) is 24.3 Å². The minimum atomic E-state index is -4.35. The van der Waals surface area contributed by atoms with Gasteiger partial charge < -0.3 is 9.47 Å². The summed E-state index contributed by atoms with van der Waals surface area (Å²) in [5, 5.41) is 0. The van der Waals surface area contributed by atoms with Crippen LogP contribution < -0.4 is 4.74 Å². The van der Waals surface area contributed by atoms with Gasteiger partial charge in [0.2, 0.25) is 5.79 Å². The van der Waals surface area contributed by atoms with Gasteiger partial charge in [-0.3, -0.25) is 0 Å². The number of ether oxygens (including phenoxy) is 2. The molecule has 0 N–H and O–H groups in total. The maximum atomic E-state index is 12.6. The highest BCUT2D eigenvalue weighted by atomic mass is 19.4. The first kappa shape index (κ1) is 13.2. The molecule has 1 saturated heterocycles. The molecule has 0 aliphatic carbocycles. The van der Waals surface area contributed by atoms with E-state index in [1.165, 1.54) is 12.1 Å². The predicted octanol–water partition coefficient (Wildman–Crippen LogP) is 4.00. The van der Waals surface area contributed by atoms with E-state index in [9.17, 15) is 13.2 Å². The third-order valence-corrected chi connectivity index (χ3v) is 2.93. The first-order valence-corrected chi connectivity index (χ1v) is 5.89. The monoisotopic (exact) mass is 260 g/mol. The van der Waals surface area contributed by atoms with Crippen molar-refractivity contribution in [3.8, 4) is 5.75 Å². The lowest BCUT2D eigenvalue weighted by atomic mass is 10.1. The quantitative estimate of drug-likeness (QED) is 0.800. The molecular formula is C13H15F3O2. The van der Waals surface area contributed by atoms with Crippen LogP contribution in [0.5, 0.6) is 5.75 Å². The Balaban J connectivity index is 2.14. The Hall–Kier alpha value is -1.23. The Morgan fingerprint density at radius 3 is 2.67 bits per heavy atom. The Kier molecular flexibility index (Phi) is 3.52. The summed E-state index contributed by atoms with van der Waals surface area (Å²) in [7, 11) is 0. The van der Waals surface area contributed by atoms with E-state index in [1.54, 1.807) is 6.92 Å². The molecule has 0 radical (unpaired) electrons. The molecular weight excluding hydrogens is 245 g/mol. The topological polar surface area (TPSA) is 18.5 Å². The zero-order valence-corrected chi connectivity index (χ0v) is 10.1. The number of benzene rings is 1. The van der Waals surface area contributed by atoms with Gasteiger partial charge in [-0.25, -0.2) is 0 Å². The van der Waals surface area contributed by atoms with E-state index in [0.29, 0.717) is 13.0 Å². The summed E-state index contributed by atoms with van der Waals surface area (Å²) in [5.74, 6) is -0.628. The van der Waals surface area contributed by atoms with E-state index in [0.717, 1.165) is 25.0 Å². The Morgan fingerprint density at radius 1 is 1.28 bits per heavy atom. The molecule has 0 spiro atoms. The van der Waals surface area contributed by atoms with E-state index in [4.69, 9.17) is 9.47 Å². The van der Waals surface area contributed by atoms with Gasteiger partial charge in [0.05, 0.1) is 12.2 Å². The van der Waals surface area contributed by atoms with Crippen molar-refractivity contribution >= 4 is 0 Å². The molecule has 0 bridgehead atoms. The molecule has 2 rings (SSSR count). The van der Waals surface area contributed by atoms with E-state index in [1.807, 2.05) is 0 Å². The molecule has 0 saturated carbocycles. The number of halogens is 3. The van der Waals surface area contributed by atoms with Crippen molar-refractivity contribution in [1.82, 2.24) is 0 Å². The largest absolute Gasteiger partial charge is 0.463 e. The molecule has 1 heterocycles. The average molecular weight is 260 g/mol. The molecule has 1 aromatic rings. The van der Waals surface area contributed by atoms with Crippen molar-refractivity contribution < 1.29 is 22.6 Å². The lowest BCUT2D eigenvalue weighted by molar-refractivity contribution is -0.192. The second-order valence-electron chi connectivity index (χ2n) is 4.57. The molecule has 1 aliphatic heterocycles. The number of rotatable bonds is 2. The highest BCUT2D eigenvalue weighted by molar-refractivity contribution is 5.30. The predicted molar refractivity (Wildman–Crippen MR) is 60.3 cm³/mol. The Morgan fingerprint density at radius 2 is 2.06 bits per heavy atom. The number of alkyl halides is 3. The second-order valence-corrected chi connectivity index (χ2v) is 4.57. The third kappa shape index (κ3) is 3.16. The van der Waals surface area contributed by atoms with Crippen LogP contribution in [0.25, 0.3) is 0 Å². The molecule has 0 unspecified atom stereocenters. The van der Waals surface area contributed by atoms with Crippen molar-refractivity contribution in [3.05, 3.63) is 29.8 Å². The highest BCUT2D eigenvalue weighted by Crippen LogP contribution is 2.33. The molecule has 5 heteroatoms. The molecule has 100 valence electrons. The van der Waals surface area contributed by atoms with Crippen molar-refractivity contribution in [1.29, 1.82) is 0 Å². The molecule has 18 heavy (non-hydrogen) atoms. The van der Waals surface area contributed by atoms with Gasteiger partial charge in [-0.15, -0.1) is 0 Å². The van der Waals surface area contributed by atoms with E-state index < -0.39 is 17.5 Å². The van der Waals surface area contributed by atoms with Crippen molar-refractivity contribution in [2.24, 2.45) is 0 Å². The average Bonchev–Trinajstić information content (AvgIpc) is 2.28. The van der Waals surface area contributed by atoms with Crippen molar-refractivity contribution in [3.63, 3.8) is 0 Å². The summed E-state index contributed by atoms with van der Waals surface area (Å²) in [6, 6.07) is 4.88. The van der Waals surface area contributed by atoms with Gasteiger partial charge in [0, 0.05) is 13.3 Å². The summed E-state index contributed by atoms with van der Waals surface area (Å²) in [5.41, 5.74) is -0.709. The first-order chi connectivity index (χ1) is 8.39. The van der Waals surface area contributed by atoms with Crippen LogP contribution >= 0.6 is 0 Å². The Labute approximate surface area is 104 Å². The van der Waals surface area contributed by atoms with Gasteiger partial charge in [-0.1, -0.05) is 6.07 Å². The van der Waals surface area contributed by atoms with Crippen LogP contribution in [-0.4, -0.2) is 12.4 Å². The van der Waals surface area contributed by atoms with Crippen LogP contribution in [0, 0.1) is 0 Å². The molecule has 0 amide bonds. The maximum Gasteiger partial charge on any atom is 0.416 e. The van der Waals surface area contributed by atoms with Gasteiger partial charge in [-0.2, -0.15) is 13.2 Å². The SMILES string of the molecule is C[C@@]1(Oc2cccc(C(F)(F)F)c2)CCCCO1. The molecule has 0 aromatic heterocycles. The number of hydrogen-bond donors (Lipinski definition) is 0. The zero-order valence-electron chi connectivity index (χ0n) is 10.1.